The molecule has 4 heteroatoms. The van der Waals surface area contributed by atoms with Gasteiger partial charge in [0.05, 0.1) is 5.56 Å². The first kappa shape index (κ1) is 21.5. The van der Waals surface area contributed by atoms with Gasteiger partial charge in [0.25, 0.3) is 5.91 Å². The predicted molar refractivity (Wildman–Crippen MR) is 118 cm³/mol. The molecule has 0 bridgehead atoms. The number of aryl methyl sites for hydroxylation is 1. The minimum absolute atomic E-state index is 0.0391. The van der Waals surface area contributed by atoms with Crippen LogP contribution in [0.5, 0.6) is 11.5 Å². The number of amides is 1. The van der Waals surface area contributed by atoms with E-state index in [4.69, 9.17) is 0 Å². The number of phenolic OH excluding ortho intramolecular Hbond substituents is 2. The van der Waals surface area contributed by atoms with Gasteiger partial charge in [0, 0.05) is 24.1 Å². The van der Waals surface area contributed by atoms with E-state index in [2.05, 4.69) is 26.5 Å². The standard InChI is InChI=1S/C25H35NO3/c1-6-7-8-9-18-13-21(27)23(20-12-16(4)10-11-19(20)15(2)3)24(28)22(18)25(29)26-14-17(26)5/h12-13,17,19-20,27-28H,2,6-11,14H2,1,3-5H3. The number of carbonyl (C=O) groups is 1. The van der Waals surface area contributed by atoms with E-state index < -0.39 is 0 Å². The summed E-state index contributed by atoms with van der Waals surface area (Å²) < 4.78 is 0. The fraction of sp³-hybridized carbons (Fsp3) is 0.560. The Morgan fingerprint density at radius 2 is 2.00 bits per heavy atom. The van der Waals surface area contributed by atoms with Crippen LogP contribution in [-0.2, 0) is 6.42 Å². The van der Waals surface area contributed by atoms with Crippen molar-refractivity contribution in [1.82, 2.24) is 4.90 Å². The van der Waals surface area contributed by atoms with Crippen LogP contribution in [0.1, 0.15) is 87.2 Å². The predicted octanol–water partition coefficient (Wildman–Crippen LogP) is 5.69. The van der Waals surface area contributed by atoms with E-state index in [1.165, 1.54) is 5.57 Å². The highest BCUT2D eigenvalue weighted by Gasteiger charge is 2.39. The van der Waals surface area contributed by atoms with Crippen molar-refractivity contribution in [2.45, 2.75) is 78.2 Å². The maximum atomic E-state index is 13.2. The monoisotopic (exact) mass is 397 g/mol. The van der Waals surface area contributed by atoms with E-state index in [-0.39, 0.29) is 35.3 Å². The highest BCUT2D eigenvalue weighted by molar-refractivity contribution is 6.00. The zero-order chi connectivity index (χ0) is 21.3. The van der Waals surface area contributed by atoms with Crippen molar-refractivity contribution < 1.29 is 15.0 Å². The molecule has 3 unspecified atom stereocenters. The SMILES string of the molecule is C=C(C)C1CCC(C)=CC1c1c(O)cc(CCCCC)c(C(=O)N2CC2C)c1O. The molecule has 3 rings (SSSR count). The Labute approximate surface area is 174 Å². The van der Waals surface area contributed by atoms with Crippen LogP contribution in [0, 0.1) is 5.92 Å². The van der Waals surface area contributed by atoms with Crippen molar-refractivity contribution in [3.05, 3.63) is 46.6 Å². The first-order chi connectivity index (χ1) is 13.8. The molecule has 1 aliphatic heterocycles. The summed E-state index contributed by atoms with van der Waals surface area (Å²) >= 11 is 0. The number of hydrogen-bond acceptors (Lipinski definition) is 3. The lowest BCUT2D eigenvalue weighted by Gasteiger charge is -2.32. The highest BCUT2D eigenvalue weighted by atomic mass is 16.3. The molecule has 1 aromatic rings. The quantitative estimate of drug-likeness (QED) is 0.353. The summed E-state index contributed by atoms with van der Waals surface area (Å²) in [6, 6.07) is 1.93. The summed E-state index contributed by atoms with van der Waals surface area (Å²) in [4.78, 5) is 14.9. The van der Waals surface area contributed by atoms with Crippen LogP contribution in [-0.4, -0.2) is 33.6 Å². The fourth-order valence-corrected chi connectivity index (χ4v) is 4.62. The molecule has 158 valence electrons. The molecule has 1 aromatic carbocycles. The number of allylic oxidation sites excluding steroid dienone is 3. The van der Waals surface area contributed by atoms with Gasteiger partial charge in [-0.05, 0) is 64.0 Å². The van der Waals surface area contributed by atoms with Gasteiger partial charge in [0.15, 0.2) is 0 Å². The van der Waals surface area contributed by atoms with Gasteiger partial charge in [-0.2, -0.15) is 0 Å². The summed E-state index contributed by atoms with van der Waals surface area (Å²) in [5.74, 6) is -0.0887. The second kappa shape index (κ2) is 8.64. The number of aromatic hydroxyl groups is 2. The molecule has 0 aromatic heterocycles. The maximum Gasteiger partial charge on any atom is 0.258 e. The highest BCUT2D eigenvalue weighted by Crippen LogP contribution is 2.48. The van der Waals surface area contributed by atoms with Gasteiger partial charge in [-0.3, -0.25) is 4.79 Å². The number of phenols is 2. The molecule has 1 saturated heterocycles. The minimum Gasteiger partial charge on any atom is -0.507 e. The molecule has 3 atom stereocenters. The maximum absolute atomic E-state index is 13.2. The Morgan fingerprint density at radius 3 is 2.59 bits per heavy atom. The van der Waals surface area contributed by atoms with Crippen LogP contribution in [0.4, 0.5) is 0 Å². The van der Waals surface area contributed by atoms with Crippen molar-refractivity contribution >= 4 is 5.91 Å². The number of hydrogen-bond donors (Lipinski definition) is 2. The van der Waals surface area contributed by atoms with Gasteiger partial charge >= 0.3 is 0 Å². The summed E-state index contributed by atoms with van der Waals surface area (Å²) in [5.41, 5.74) is 3.90. The van der Waals surface area contributed by atoms with Crippen LogP contribution in [0.3, 0.4) is 0 Å². The molecular formula is C25H35NO3. The van der Waals surface area contributed by atoms with Crippen LogP contribution in [0.15, 0.2) is 29.9 Å². The molecule has 2 N–H and O–H groups in total. The molecule has 1 aliphatic carbocycles. The first-order valence-electron chi connectivity index (χ1n) is 11.0. The zero-order valence-electron chi connectivity index (χ0n) is 18.3. The third kappa shape index (κ3) is 4.36. The molecular weight excluding hydrogens is 362 g/mol. The molecule has 0 spiro atoms. The van der Waals surface area contributed by atoms with E-state index in [9.17, 15) is 15.0 Å². The lowest BCUT2D eigenvalue weighted by atomic mass is 9.73. The van der Waals surface area contributed by atoms with Crippen LogP contribution >= 0.6 is 0 Å². The van der Waals surface area contributed by atoms with Crippen molar-refractivity contribution in [2.24, 2.45) is 5.92 Å². The Kier molecular flexibility index (Phi) is 6.40. The second-order valence-corrected chi connectivity index (χ2v) is 8.99. The van der Waals surface area contributed by atoms with E-state index >= 15 is 0 Å². The topological polar surface area (TPSA) is 60.5 Å². The lowest BCUT2D eigenvalue weighted by molar-refractivity contribution is 0.0872. The molecule has 1 amide bonds. The number of benzene rings is 1. The first-order valence-corrected chi connectivity index (χ1v) is 11.0. The minimum atomic E-state index is -0.163. The zero-order valence-corrected chi connectivity index (χ0v) is 18.3. The molecule has 2 aliphatic rings. The number of unbranched alkanes of at least 4 members (excludes halogenated alkanes) is 2. The normalized spacial score (nSPS) is 23.7. The van der Waals surface area contributed by atoms with Gasteiger partial charge in [-0.1, -0.05) is 43.6 Å². The van der Waals surface area contributed by atoms with Crippen molar-refractivity contribution in [3.8, 4) is 11.5 Å². The lowest BCUT2D eigenvalue weighted by Crippen LogP contribution is -2.20. The van der Waals surface area contributed by atoms with E-state index in [1.54, 1.807) is 11.0 Å². The van der Waals surface area contributed by atoms with Crippen LogP contribution < -0.4 is 0 Å². The molecule has 0 saturated carbocycles. The van der Waals surface area contributed by atoms with Gasteiger partial charge in [-0.25, -0.2) is 0 Å². The smallest absolute Gasteiger partial charge is 0.258 e. The molecule has 1 heterocycles. The Morgan fingerprint density at radius 1 is 1.31 bits per heavy atom. The third-order valence-corrected chi connectivity index (χ3v) is 6.50. The third-order valence-electron chi connectivity index (χ3n) is 6.50. The van der Waals surface area contributed by atoms with E-state index in [0.717, 1.165) is 49.8 Å². The van der Waals surface area contributed by atoms with Crippen molar-refractivity contribution in [1.29, 1.82) is 0 Å². The average molecular weight is 398 g/mol. The van der Waals surface area contributed by atoms with Crippen molar-refractivity contribution in [2.75, 3.05) is 6.54 Å². The fourth-order valence-electron chi connectivity index (χ4n) is 4.62. The molecule has 29 heavy (non-hydrogen) atoms. The summed E-state index contributed by atoms with van der Waals surface area (Å²) in [6.45, 7) is 13.1. The number of nitrogens with zero attached hydrogens (tertiary/aromatic N) is 1. The van der Waals surface area contributed by atoms with Gasteiger partial charge in [0.2, 0.25) is 0 Å². The molecule has 1 fully saturated rings. The summed E-state index contributed by atoms with van der Waals surface area (Å²) in [6.07, 6.45) is 7.80. The summed E-state index contributed by atoms with van der Waals surface area (Å²) in [5, 5.41) is 22.2. The molecule has 0 radical (unpaired) electrons. The number of rotatable bonds is 7. The Bertz CT molecular complexity index is 839. The largest absolute Gasteiger partial charge is 0.507 e. The molecule has 4 nitrogen and oxygen atoms in total. The number of carbonyl (C=O) groups excluding carboxylic acids is 1. The second-order valence-electron chi connectivity index (χ2n) is 8.99. The Hall–Kier alpha value is -2.23. The van der Waals surface area contributed by atoms with E-state index in [0.29, 0.717) is 17.5 Å². The average Bonchev–Trinajstić information content (AvgIpc) is 3.38. The van der Waals surface area contributed by atoms with Crippen LogP contribution in [0.25, 0.3) is 0 Å². The van der Waals surface area contributed by atoms with Gasteiger partial charge in [0.1, 0.15) is 11.5 Å². The van der Waals surface area contributed by atoms with Crippen LogP contribution in [0.2, 0.25) is 0 Å². The van der Waals surface area contributed by atoms with Gasteiger partial charge < -0.3 is 15.1 Å². The van der Waals surface area contributed by atoms with Gasteiger partial charge in [-0.15, -0.1) is 0 Å². The Balaban J connectivity index is 2.11. The van der Waals surface area contributed by atoms with Crippen molar-refractivity contribution in [3.63, 3.8) is 0 Å². The summed E-state index contributed by atoms with van der Waals surface area (Å²) in [7, 11) is 0. The van der Waals surface area contributed by atoms with E-state index in [1.807, 2.05) is 13.8 Å².